The molecule has 0 unspecified atom stereocenters. The van der Waals surface area contributed by atoms with Gasteiger partial charge in [-0.1, -0.05) is 152 Å². The van der Waals surface area contributed by atoms with Crippen molar-refractivity contribution in [3.05, 3.63) is 188 Å². The average molecular weight is 650 g/mol. The van der Waals surface area contributed by atoms with E-state index in [-0.39, 0.29) is 0 Å². The highest BCUT2D eigenvalue weighted by Gasteiger charge is 2.20. The molecule has 0 bridgehead atoms. The summed E-state index contributed by atoms with van der Waals surface area (Å²) in [4.78, 5) is 10.5. The van der Waals surface area contributed by atoms with Crippen molar-refractivity contribution in [2.45, 2.75) is 0 Å². The zero-order valence-corrected chi connectivity index (χ0v) is 27.7. The number of fused-ring (bicyclic) bond motifs is 6. The fourth-order valence-electron chi connectivity index (χ4n) is 7.57. The summed E-state index contributed by atoms with van der Waals surface area (Å²) in [5.41, 5.74) is 10.6. The van der Waals surface area contributed by atoms with Gasteiger partial charge in [-0.3, -0.25) is 0 Å². The van der Waals surface area contributed by atoms with Gasteiger partial charge >= 0.3 is 0 Å². The van der Waals surface area contributed by atoms with Gasteiger partial charge in [0.1, 0.15) is 0 Å². The van der Waals surface area contributed by atoms with Crippen molar-refractivity contribution < 1.29 is 0 Å². The van der Waals surface area contributed by atoms with Gasteiger partial charge in [0.15, 0.2) is 5.82 Å². The summed E-state index contributed by atoms with van der Waals surface area (Å²) < 4.78 is 2.40. The zero-order valence-electron chi connectivity index (χ0n) is 27.7. The SMILES string of the molecule is c1ccc(-c2ccc3c(c2)c2c(-c4nc(-c5ccccc5)cc(-c5ccccc5)n4)cccc2n3-c2ccc3c(ccc4ccccc43)c2)cc1. The molecule has 3 heteroatoms. The summed E-state index contributed by atoms with van der Waals surface area (Å²) >= 11 is 0. The van der Waals surface area contributed by atoms with E-state index in [1.165, 1.54) is 32.7 Å². The molecule has 0 radical (unpaired) electrons. The normalized spacial score (nSPS) is 11.5. The summed E-state index contributed by atoms with van der Waals surface area (Å²) in [6.45, 7) is 0. The monoisotopic (exact) mass is 649 g/mol. The Hall–Kier alpha value is -6.84. The predicted molar refractivity (Wildman–Crippen MR) is 213 cm³/mol. The topological polar surface area (TPSA) is 30.7 Å². The number of benzene rings is 8. The minimum atomic E-state index is 0.704. The average Bonchev–Trinajstić information content (AvgIpc) is 3.55. The first-order valence-electron chi connectivity index (χ1n) is 17.3. The van der Waals surface area contributed by atoms with Crippen LogP contribution in [0.2, 0.25) is 0 Å². The Balaban J connectivity index is 1.27. The van der Waals surface area contributed by atoms with Gasteiger partial charge in [0.05, 0.1) is 22.4 Å². The molecule has 0 saturated heterocycles. The van der Waals surface area contributed by atoms with Crippen molar-refractivity contribution in [2.24, 2.45) is 0 Å². The van der Waals surface area contributed by atoms with Crippen LogP contribution >= 0.6 is 0 Å². The van der Waals surface area contributed by atoms with Crippen LogP contribution in [0.3, 0.4) is 0 Å². The molecule has 0 aliphatic rings. The molecular weight excluding hydrogens is 619 g/mol. The van der Waals surface area contributed by atoms with Crippen molar-refractivity contribution in [3.63, 3.8) is 0 Å². The molecule has 3 nitrogen and oxygen atoms in total. The van der Waals surface area contributed by atoms with Crippen LogP contribution in [0.1, 0.15) is 0 Å². The molecule has 0 aliphatic heterocycles. The molecule has 0 amide bonds. The van der Waals surface area contributed by atoms with Gasteiger partial charge in [-0.15, -0.1) is 0 Å². The van der Waals surface area contributed by atoms with Gasteiger partial charge in [-0.2, -0.15) is 0 Å². The molecule has 238 valence electrons. The molecule has 51 heavy (non-hydrogen) atoms. The third-order valence-corrected chi connectivity index (χ3v) is 9.99. The van der Waals surface area contributed by atoms with Crippen LogP contribution in [0.4, 0.5) is 0 Å². The van der Waals surface area contributed by atoms with Crippen LogP contribution in [-0.2, 0) is 0 Å². The van der Waals surface area contributed by atoms with Gasteiger partial charge < -0.3 is 4.57 Å². The van der Waals surface area contributed by atoms with Crippen molar-refractivity contribution >= 4 is 43.4 Å². The molecule has 0 spiro atoms. The first-order valence-corrected chi connectivity index (χ1v) is 17.3. The van der Waals surface area contributed by atoms with Gasteiger partial charge in [0.2, 0.25) is 0 Å². The maximum atomic E-state index is 5.27. The van der Waals surface area contributed by atoms with E-state index in [0.29, 0.717) is 5.82 Å². The number of hydrogen-bond donors (Lipinski definition) is 0. The van der Waals surface area contributed by atoms with Crippen molar-refractivity contribution in [1.82, 2.24) is 14.5 Å². The Labute approximate surface area is 295 Å². The standard InChI is InChI=1S/C48H31N3/c1-4-13-32(14-5-1)36-25-28-45-42(30-36)47-41(48-49-43(34-16-6-2-7-17-34)31-44(50-48)35-18-8-3-9-19-35)21-12-22-46(47)51(45)38-26-27-40-37(29-38)24-23-33-15-10-11-20-39(33)40/h1-31H. The van der Waals surface area contributed by atoms with E-state index in [9.17, 15) is 0 Å². The van der Waals surface area contributed by atoms with Crippen LogP contribution in [-0.4, -0.2) is 14.5 Å². The molecular formula is C48H31N3. The van der Waals surface area contributed by atoms with Gasteiger partial charge in [-0.05, 0) is 69.1 Å². The summed E-state index contributed by atoms with van der Waals surface area (Å²) in [6, 6.07) is 66.8. The smallest absolute Gasteiger partial charge is 0.161 e. The van der Waals surface area contributed by atoms with E-state index in [1.54, 1.807) is 0 Å². The lowest BCUT2D eigenvalue weighted by atomic mass is 10.00. The minimum absolute atomic E-state index is 0.704. The summed E-state index contributed by atoms with van der Waals surface area (Å²) in [5, 5.41) is 7.28. The highest BCUT2D eigenvalue weighted by molar-refractivity contribution is 6.16. The number of aromatic nitrogens is 3. The van der Waals surface area contributed by atoms with E-state index in [2.05, 4.69) is 180 Å². The zero-order chi connectivity index (χ0) is 33.7. The third-order valence-electron chi connectivity index (χ3n) is 9.99. The molecule has 0 aliphatic carbocycles. The van der Waals surface area contributed by atoms with E-state index >= 15 is 0 Å². The van der Waals surface area contributed by atoms with Gasteiger partial charge in [0.25, 0.3) is 0 Å². The van der Waals surface area contributed by atoms with Crippen molar-refractivity contribution in [2.75, 3.05) is 0 Å². The van der Waals surface area contributed by atoms with Crippen LogP contribution in [0.25, 0.3) is 94.1 Å². The maximum absolute atomic E-state index is 5.27. The van der Waals surface area contributed by atoms with Crippen LogP contribution in [0.15, 0.2) is 188 Å². The molecule has 0 N–H and O–H groups in total. The third kappa shape index (κ3) is 4.98. The number of hydrogen-bond acceptors (Lipinski definition) is 2. The minimum Gasteiger partial charge on any atom is -0.309 e. The van der Waals surface area contributed by atoms with E-state index in [1.807, 2.05) is 12.1 Å². The highest BCUT2D eigenvalue weighted by atomic mass is 15.0. The fraction of sp³-hybridized carbons (Fsp3) is 0. The second-order valence-corrected chi connectivity index (χ2v) is 13.0. The Kier molecular flexibility index (Phi) is 6.81. The molecule has 10 rings (SSSR count). The Morgan fingerprint density at radius 3 is 1.71 bits per heavy atom. The number of rotatable bonds is 5. The van der Waals surface area contributed by atoms with E-state index in [0.717, 1.165) is 55.6 Å². The lowest BCUT2D eigenvalue weighted by Gasteiger charge is -2.12. The second-order valence-electron chi connectivity index (χ2n) is 13.0. The Morgan fingerprint density at radius 1 is 0.353 bits per heavy atom. The Bertz CT molecular complexity index is 2830. The Morgan fingerprint density at radius 2 is 0.980 bits per heavy atom. The molecule has 8 aromatic carbocycles. The van der Waals surface area contributed by atoms with Crippen LogP contribution in [0, 0.1) is 0 Å². The first kappa shape index (κ1) is 29.1. The van der Waals surface area contributed by atoms with Crippen LogP contribution < -0.4 is 0 Å². The summed E-state index contributed by atoms with van der Waals surface area (Å²) in [6.07, 6.45) is 0. The van der Waals surface area contributed by atoms with E-state index < -0.39 is 0 Å². The molecule has 2 heterocycles. The molecule has 0 saturated carbocycles. The molecule has 2 aromatic heterocycles. The maximum Gasteiger partial charge on any atom is 0.161 e. The predicted octanol–water partition coefficient (Wildman–Crippen LogP) is 12.5. The molecule has 0 atom stereocenters. The quantitative estimate of drug-likeness (QED) is 0.174. The van der Waals surface area contributed by atoms with Crippen molar-refractivity contribution in [1.29, 1.82) is 0 Å². The van der Waals surface area contributed by atoms with Gasteiger partial charge in [0, 0.05) is 33.2 Å². The van der Waals surface area contributed by atoms with Crippen LogP contribution in [0.5, 0.6) is 0 Å². The summed E-state index contributed by atoms with van der Waals surface area (Å²) in [5.74, 6) is 0.704. The second kappa shape index (κ2) is 11.9. The lowest BCUT2D eigenvalue weighted by Crippen LogP contribution is -1.97. The lowest BCUT2D eigenvalue weighted by molar-refractivity contribution is 1.18. The summed E-state index contributed by atoms with van der Waals surface area (Å²) in [7, 11) is 0. The van der Waals surface area contributed by atoms with Crippen molar-refractivity contribution in [3.8, 4) is 50.7 Å². The molecule has 0 fully saturated rings. The highest BCUT2D eigenvalue weighted by Crippen LogP contribution is 2.41. The fourth-order valence-corrected chi connectivity index (χ4v) is 7.57. The van der Waals surface area contributed by atoms with Gasteiger partial charge in [-0.25, -0.2) is 9.97 Å². The number of nitrogens with zero attached hydrogens (tertiary/aromatic N) is 3. The molecule has 10 aromatic rings. The first-order chi connectivity index (χ1) is 25.3. The van der Waals surface area contributed by atoms with E-state index in [4.69, 9.17) is 9.97 Å². The largest absolute Gasteiger partial charge is 0.309 e.